The molecule has 0 bridgehead atoms. The number of nitrogens with zero attached hydrogens (tertiary/aromatic N) is 1. The number of nitrogens with two attached hydrogens (primary N) is 3. The van der Waals surface area contributed by atoms with Gasteiger partial charge in [-0.15, -0.1) is 0 Å². The fraction of sp³-hybridized carbons (Fsp3) is 0.429. The Bertz CT molecular complexity index is 2090. The maximum atomic E-state index is 14.4. The number of benzene rings is 2. The summed E-state index contributed by atoms with van der Waals surface area (Å²) < 4.78 is 0. The number of aromatic nitrogens is 3. The SMILES string of the molecule is CSCC[C@H](NC(=O)[C@H](CC(C)C)NC(=O)[C@@H](Cc1cnc[nH]1)NC(=O)[C@H](Cc1ccccc1)NC(=O)[C@@H](Cc1c[nH]c2ccccc12)NC(=O)[C@@H](N)CCC(N)=O)C(N)=O. The summed E-state index contributed by atoms with van der Waals surface area (Å²) in [6.45, 7) is 3.74. The summed E-state index contributed by atoms with van der Waals surface area (Å²) in [5.41, 5.74) is 19.6. The van der Waals surface area contributed by atoms with Crippen molar-refractivity contribution < 1.29 is 33.6 Å². The van der Waals surface area contributed by atoms with Crippen LogP contribution >= 0.6 is 11.8 Å². The lowest BCUT2D eigenvalue weighted by Crippen LogP contribution is -2.60. The summed E-state index contributed by atoms with van der Waals surface area (Å²) >= 11 is 1.49. The van der Waals surface area contributed by atoms with Crippen LogP contribution in [0.3, 0.4) is 0 Å². The zero-order valence-electron chi connectivity index (χ0n) is 34.6. The first-order valence-corrected chi connectivity index (χ1v) is 21.4. The van der Waals surface area contributed by atoms with Gasteiger partial charge in [0.15, 0.2) is 0 Å². The van der Waals surface area contributed by atoms with E-state index in [0.29, 0.717) is 29.0 Å². The number of H-pyrrole nitrogens is 2. The number of primary amides is 2. The van der Waals surface area contributed by atoms with E-state index in [-0.39, 0.29) is 44.4 Å². The van der Waals surface area contributed by atoms with Crippen LogP contribution in [-0.4, -0.2) is 105 Å². The Labute approximate surface area is 358 Å². The molecule has 0 saturated heterocycles. The Morgan fingerprint density at radius 3 is 1.87 bits per heavy atom. The first kappa shape index (κ1) is 47.5. The Kier molecular flexibility index (Phi) is 18.3. The van der Waals surface area contributed by atoms with Gasteiger partial charge in [0.25, 0.3) is 0 Å². The molecule has 0 unspecified atom stereocenters. The van der Waals surface area contributed by atoms with Crippen LogP contribution in [0, 0.1) is 5.92 Å². The Balaban J connectivity index is 1.63. The molecule has 0 spiro atoms. The van der Waals surface area contributed by atoms with Crippen LogP contribution in [-0.2, 0) is 52.8 Å². The Morgan fingerprint density at radius 1 is 0.689 bits per heavy atom. The number of rotatable bonds is 25. The van der Waals surface area contributed by atoms with E-state index in [2.05, 4.69) is 41.5 Å². The van der Waals surface area contributed by atoms with Crippen molar-refractivity contribution in [2.75, 3.05) is 12.0 Å². The molecule has 0 fully saturated rings. The van der Waals surface area contributed by atoms with Gasteiger partial charge in [0.2, 0.25) is 41.4 Å². The molecule has 4 aromatic rings. The molecule has 61 heavy (non-hydrogen) atoms. The van der Waals surface area contributed by atoms with E-state index < -0.39 is 77.6 Å². The normalized spacial score (nSPS) is 14.2. The minimum Gasteiger partial charge on any atom is -0.370 e. The molecule has 0 aliphatic carbocycles. The molecule has 13 N–H and O–H groups in total. The van der Waals surface area contributed by atoms with Crippen molar-refractivity contribution in [3.63, 3.8) is 0 Å². The quantitative estimate of drug-likeness (QED) is 0.0433. The van der Waals surface area contributed by atoms with E-state index in [1.54, 1.807) is 36.5 Å². The summed E-state index contributed by atoms with van der Waals surface area (Å²) in [6, 6.07) is 9.33. The number of hydrogen-bond donors (Lipinski definition) is 10. The minimum atomic E-state index is -1.28. The number of hydrogen-bond acceptors (Lipinski definition) is 10. The molecule has 0 aliphatic rings. The van der Waals surface area contributed by atoms with Crippen molar-refractivity contribution >= 4 is 64.0 Å². The van der Waals surface area contributed by atoms with Gasteiger partial charge in [-0.25, -0.2) is 4.98 Å². The first-order valence-electron chi connectivity index (χ1n) is 20.0. The number of nitrogens with one attached hydrogen (secondary N) is 7. The van der Waals surface area contributed by atoms with Gasteiger partial charge in [-0.1, -0.05) is 62.4 Å². The highest BCUT2D eigenvalue weighted by molar-refractivity contribution is 7.98. The van der Waals surface area contributed by atoms with Gasteiger partial charge in [-0.2, -0.15) is 11.8 Å². The highest BCUT2D eigenvalue weighted by Crippen LogP contribution is 2.20. The van der Waals surface area contributed by atoms with E-state index in [9.17, 15) is 33.6 Å². The van der Waals surface area contributed by atoms with Crippen molar-refractivity contribution in [3.05, 3.63) is 90.1 Å². The van der Waals surface area contributed by atoms with E-state index in [1.807, 2.05) is 44.4 Å². The predicted molar refractivity (Wildman–Crippen MR) is 232 cm³/mol. The van der Waals surface area contributed by atoms with Gasteiger partial charge >= 0.3 is 0 Å². The Hall–Kier alpha value is -6.21. The van der Waals surface area contributed by atoms with Crippen LogP contribution in [0.15, 0.2) is 73.3 Å². The third-order valence-corrected chi connectivity index (χ3v) is 10.6. The number of aromatic amines is 2. The lowest BCUT2D eigenvalue weighted by molar-refractivity contribution is -0.135. The third kappa shape index (κ3) is 15.1. The van der Waals surface area contributed by atoms with E-state index in [1.165, 1.54) is 24.3 Å². The maximum Gasteiger partial charge on any atom is 0.243 e. The van der Waals surface area contributed by atoms with Gasteiger partial charge in [-0.3, -0.25) is 33.6 Å². The number of amides is 7. The molecule has 6 atom stereocenters. The molecule has 0 aliphatic heterocycles. The molecule has 328 valence electrons. The van der Waals surface area contributed by atoms with E-state index in [0.717, 1.165) is 10.9 Å². The molecule has 19 heteroatoms. The number of fused-ring (bicyclic) bond motifs is 1. The number of carbonyl (C=O) groups is 7. The Morgan fingerprint density at radius 2 is 1.26 bits per heavy atom. The average Bonchev–Trinajstić information content (AvgIpc) is 3.90. The van der Waals surface area contributed by atoms with Crippen molar-refractivity contribution in [3.8, 4) is 0 Å². The number of imidazole rings is 1. The van der Waals surface area contributed by atoms with Crippen molar-refractivity contribution in [1.29, 1.82) is 0 Å². The molecule has 18 nitrogen and oxygen atoms in total. The van der Waals surface area contributed by atoms with Gasteiger partial charge in [0.1, 0.15) is 30.2 Å². The van der Waals surface area contributed by atoms with Crippen molar-refractivity contribution in [2.45, 2.75) is 95.0 Å². The molecule has 4 rings (SSSR count). The predicted octanol–water partition coefficient (Wildman–Crippen LogP) is 0.220. The second kappa shape index (κ2) is 23.5. The zero-order valence-corrected chi connectivity index (χ0v) is 35.4. The maximum absolute atomic E-state index is 14.4. The van der Waals surface area contributed by atoms with Gasteiger partial charge in [0, 0.05) is 54.7 Å². The van der Waals surface area contributed by atoms with Gasteiger partial charge in [0.05, 0.1) is 12.4 Å². The molecule has 0 saturated carbocycles. The average molecular weight is 860 g/mol. The first-order chi connectivity index (χ1) is 29.1. The number of carbonyl (C=O) groups excluding carboxylic acids is 7. The second-order valence-electron chi connectivity index (χ2n) is 15.3. The van der Waals surface area contributed by atoms with Crippen LogP contribution in [0.5, 0.6) is 0 Å². The summed E-state index contributed by atoms with van der Waals surface area (Å²) in [5, 5.41) is 14.5. The van der Waals surface area contributed by atoms with Crippen LogP contribution in [0.25, 0.3) is 10.9 Å². The lowest BCUT2D eigenvalue weighted by atomic mass is 10.00. The van der Waals surface area contributed by atoms with Crippen LogP contribution in [0.4, 0.5) is 0 Å². The molecule has 2 aromatic heterocycles. The van der Waals surface area contributed by atoms with Gasteiger partial charge in [-0.05, 0) is 54.4 Å². The molecule has 0 radical (unpaired) electrons. The minimum absolute atomic E-state index is 0.00184. The molecule has 2 heterocycles. The fourth-order valence-corrected chi connectivity index (χ4v) is 7.11. The van der Waals surface area contributed by atoms with E-state index in [4.69, 9.17) is 17.2 Å². The molecular weight excluding hydrogens is 803 g/mol. The smallest absolute Gasteiger partial charge is 0.243 e. The zero-order chi connectivity index (χ0) is 44.5. The molecule has 2 aromatic carbocycles. The summed E-state index contributed by atoms with van der Waals surface area (Å²) in [6.07, 6.45) is 6.73. The number of para-hydroxylation sites is 1. The van der Waals surface area contributed by atoms with Crippen LogP contribution in [0.1, 0.15) is 56.4 Å². The van der Waals surface area contributed by atoms with Crippen molar-refractivity contribution in [1.82, 2.24) is 41.5 Å². The largest absolute Gasteiger partial charge is 0.370 e. The summed E-state index contributed by atoms with van der Waals surface area (Å²) in [5.74, 6) is -4.30. The molecular formula is C42H57N11O7S. The van der Waals surface area contributed by atoms with Crippen molar-refractivity contribution in [2.24, 2.45) is 23.1 Å². The van der Waals surface area contributed by atoms with E-state index >= 15 is 0 Å². The van der Waals surface area contributed by atoms with Crippen LogP contribution in [0.2, 0.25) is 0 Å². The standard InChI is InChI=1S/C42H57N11O7S/c1-24(2)17-32(39(57)49-31(37(45)55)15-16-61-3)51-42(60)35(20-27-22-46-23-48-27)53-40(58)33(18-25-9-5-4-6-10-25)52-41(59)34(50-38(56)29(43)13-14-36(44)54)19-26-21-47-30-12-8-7-11-28(26)30/h4-12,21-24,29,31-35,47H,13-20,43H2,1-3H3,(H2,44,54)(H2,45,55)(H,46,48)(H,49,57)(H,50,56)(H,51,60)(H,52,59)(H,53,58)/t29-,31-,32-,33-,34+,35+/m0/s1. The lowest BCUT2D eigenvalue weighted by Gasteiger charge is -2.28. The topological polar surface area (TPSA) is 302 Å². The summed E-state index contributed by atoms with van der Waals surface area (Å²) in [4.78, 5) is 104. The number of thioether (sulfide) groups is 1. The highest BCUT2D eigenvalue weighted by atomic mass is 32.2. The third-order valence-electron chi connectivity index (χ3n) is 9.91. The van der Waals surface area contributed by atoms with Crippen LogP contribution < -0.4 is 43.8 Å². The highest BCUT2D eigenvalue weighted by Gasteiger charge is 2.34. The second-order valence-corrected chi connectivity index (χ2v) is 16.3. The molecule has 7 amide bonds. The fourth-order valence-electron chi connectivity index (χ4n) is 6.64. The summed E-state index contributed by atoms with van der Waals surface area (Å²) in [7, 11) is 0. The van der Waals surface area contributed by atoms with Gasteiger partial charge < -0.3 is 53.8 Å². The monoisotopic (exact) mass is 859 g/mol.